The van der Waals surface area contributed by atoms with Gasteiger partial charge in [0.05, 0.1) is 10.6 Å². The Bertz CT molecular complexity index is 887. The van der Waals surface area contributed by atoms with Crippen LogP contribution in [-0.4, -0.2) is 41.6 Å². The molecule has 0 unspecified atom stereocenters. The number of hydrogen-bond donors (Lipinski definition) is 1. The number of halogens is 1. The summed E-state index contributed by atoms with van der Waals surface area (Å²) in [5.74, 6) is -0.217. The molecule has 0 aromatic heterocycles. The molecule has 0 spiro atoms. The topological polar surface area (TPSA) is 66.5 Å². The number of hydrogen-bond acceptors (Lipinski definition) is 3. The van der Waals surface area contributed by atoms with Crippen LogP contribution < -0.4 is 5.32 Å². The summed E-state index contributed by atoms with van der Waals surface area (Å²) in [6.45, 7) is 3.12. The van der Waals surface area contributed by atoms with E-state index in [2.05, 4.69) is 5.32 Å². The minimum atomic E-state index is -0.191. The third kappa shape index (κ3) is 5.67. The zero-order valence-electron chi connectivity index (χ0n) is 16.5. The fourth-order valence-corrected chi connectivity index (χ4v) is 3.67. The smallest absolute Gasteiger partial charge is 0.253 e. The van der Waals surface area contributed by atoms with Gasteiger partial charge in [0.15, 0.2) is 5.78 Å². The normalized spacial score (nSPS) is 14.5. The Morgan fingerprint density at radius 1 is 1.00 bits per heavy atom. The van der Waals surface area contributed by atoms with Gasteiger partial charge in [0, 0.05) is 37.5 Å². The minimum absolute atomic E-state index is 0.0111. The molecule has 0 atom stereocenters. The van der Waals surface area contributed by atoms with Crippen molar-refractivity contribution in [1.82, 2.24) is 10.2 Å². The van der Waals surface area contributed by atoms with E-state index in [-0.39, 0.29) is 36.5 Å². The lowest BCUT2D eigenvalue weighted by atomic mass is 10.0. The Balaban J connectivity index is 1.43. The number of aryl methyl sites for hydroxylation is 1. The second-order valence-electron chi connectivity index (χ2n) is 7.40. The Hall–Kier alpha value is -2.66. The molecule has 29 heavy (non-hydrogen) atoms. The van der Waals surface area contributed by atoms with Gasteiger partial charge >= 0.3 is 0 Å². The zero-order chi connectivity index (χ0) is 20.8. The summed E-state index contributed by atoms with van der Waals surface area (Å²) in [6, 6.07) is 14.4. The molecule has 1 heterocycles. The van der Waals surface area contributed by atoms with Crippen LogP contribution in [0.25, 0.3) is 0 Å². The van der Waals surface area contributed by atoms with Crippen molar-refractivity contribution in [3.63, 3.8) is 0 Å². The molecule has 152 valence electrons. The van der Waals surface area contributed by atoms with E-state index in [1.54, 1.807) is 41.3 Å². The Labute approximate surface area is 176 Å². The van der Waals surface area contributed by atoms with E-state index in [1.165, 1.54) is 0 Å². The maximum atomic E-state index is 12.5. The van der Waals surface area contributed by atoms with Crippen molar-refractivity contribution in [1.29, 1.82) is 0 Å². The van der Waals surface area contributed by atoms with Crippen molar-refractivity contribution in [2.45, 2.75) is 38.6 Å². The second-order valence-corrected chi connectivity index (χ2v) is 7.80. The number of nitrogens with one attached hydrogen (secondary N) is 1. The molecule has 1 saturated heterocycles. The van der Waals surface area contributed by atoms with Gasteiger partial charge in [-0.25, -0.2) is 0 Å². The lowest BCUT2D eigenvalue weighted by Crippen LogP contribution is -2.46. The summed E-state index contributed by atoms with van der Waals surface area (Å²) in [7, 11) is 0. The zero-order valence-corrected chi connectivity index (χ0v) is 17.2. The highest BCUT2D eigenvalue weighted by Crippen LogP contribution is 2.17. The van der Waals surface area contributed by atoms with E-state index in [1.807, 2.05) is 19.1 Å². The van der Waals surface area contributed by atoms with Crippen molar-refractivity contribution in [2.75, 3.05) is 13.1 Å². The van der Waals surface area contributed by atoms with E-state index in [4.69, 9.17) is 11.6 Å². The number of likely N-dealkylation sites (tertiary alicyclic amines) is 1. The van der Waals surface area contributed by atoms with Gasteiger partial charge in [-0.1, -0.05) is 53.6 Å². The molecule has 2 aromatic rings. The molecule has 0 radical (unpaired) electrons. The highest BCUT2D eigenvalue weighted by atomic mass is 35.5. The maximum absolute atomic E-state index is 12.5. The molecule has 0 saturated carbocycles. The molecule has 1 N–H and O–H groups in total. The lowest BCUT2D eigenvalue weighted by Gasteiger charge is -2.32. The largest absolute Gasteiger partial charge is 0.349 e. The molecule has 0 aliphatic carbocycles. The highest BCUT2D eigenvalue weighted by Gasteiger charge is 2.25. The van der Waals surface area contributed by atoms with Gasteiger partial charge in [-0.15, -0.1) is 0 Å². The molecule has 2 aromatic carbocycles. The van der Waals surface area contributed by atoms with E-state index < -0.39 is 0 Å². The first kappa shape index (κ1) is 21.1. The van der Waals surface area contributed by atoms with Crippen LogP contribution in [0.1, 0.15) is 52.0 Å². The third-order valence-corrected chi connectivity index (χ3v) is 5.57. The molecule has 0 bridgehead atoms. The highest BCUT2D eigenvalue weighted by molar-refractivity contribution is 6.33. The predicted molar refractivity (Wildman–Crippen MR) is 113 cm³/mol. The summed E-state index contributed by atoms with van der Waals surface area (Å²) in [5.41, 5.74) is 2.20. The Morgan fingerprint density at radius 3 is 2.31 bits per heavy atom. The van der Waals surface area contributed by atoms with Crippen molar-refractivity contribution >= 4 is 29.2 Å². The van der Waals surface area contributed by atoms with Gasteiger partial charge in [0.1, 0.15) is 0 Å². The van der Waals surface area contributed by atoms with E-state index in [0.29, 0.717) is 42.1 Å². The number of ketones is 1. The number of carbonyl (C=O) groups excluding carboxylic acids is 3. The number of nitrogens with zero attached hydrogens (tertiary/aromatic N) is 1. The van der Waals surface area contributed by atoms with E-state index >= 15 is 0 Å². The van der Waals surface area contributed by atoms with Crippen LogP contribution >= 0.6 is 11.6 Å². The summed E-state index contributed by atoms with van der Waals surface area (Å²) in [4.78, 5) is 38.8. The first-order valence-electron chi connectivity index (χ1n) is 9.87. The first-order chi connectivity index (χ1) is 13.9. The van der Waals surface area contributed by atoms with Crippen LogP contribution in [0.15, 0.2) is 48.5 Å². The molecule has 1 aliphatic heterocycles. The Morgan fingerprint density at radius 2 is 1.66 bits per heavy atom. The predicted octanol–water partition coefficient (Wildman–Crippen LogP) is 4.03. The maximum Gasteiger partial charge on any atom is 0.253 e. The number of benzene rings is 2. The number of carbonyl (C=O) groups is 3. The SMILES string of the molecule is Cc1ccc(C(=O)CCC(=O)N2CCC(NC(=O)c3ccccc3Cl)CC2)cc1. The van der Waals surface area contributed by atoms with Gasteiger partial charge in [-0.3, -0.25) is 14.4 Å². The summed E-state index contributed by atoms with van der Waals surface area (Å²) >= 11 is 6.07. The van der Waals surface area contributed by atoms with Crippen LogP contribution in [0.2, 0.25) is 5.02 Å². The van der Waals surface area contributed by atoms with Crippen LogP contribution in [0, 0.1) is 6.92 Å². The fraction of sp³-hybridized carbons (Fsp3) is 0.348. The quantitative estimate of drug-likeness (QED) is 0.728. The molecular formula is C23H25ClN2O3. The number of rotatable bonds is 6. The number of Topliss-reactive ketones (excluding diaryl/α,β-unsaturated/α-hetero) is 1. The van der Waals surface area contributed by atoms with Crippen LogP contribution in [0.3, 0.4) is 0 Å². The van der Waals surface area contributed by atoms with Crippen molar-refractivity contribution < 1.29 is 14.4 Å². The van der Waals surface area contributed by atoms with Gasteiger partial charge in [-0.05, 0) is 31.9 Å². The average Bonchev–Trinajstić information content (AvgIpc) is 2.73. The first-order valence-corrected chi connectivity index (χ1v) is 10.2. The molecule has 1 fully saturated rings. The lowest BCUT2D eigenvalue weighted by molar-refractivity contribution is -0.132. The standard InChI is InChI=1S/C23H25ClN2O3/c1-16-6-8-17(9-7-16)21(27)10-11-22(28)26-14-12-18(13-15-26)25-23(29)19-4-2-3-5-20(19)24/h2-9,18H,10-15H2,1H3,(H,25,29). The van der Waals surface area contributed by atoms with Gasteiger partial charge < -0.3 is 10.2 Å². The second kappa shape index (κ2) is 9.70. The fourth-order valence-electron chi connectivity index (χ4n) is 3.44. The molecule has 1 aliphatic rings. The van der Waals surface area contributed by atoms with Crippen molar-refractivity contribution in [2.24, 2.45) is 0 Å². The van der Waals surface area contributed by atoms with E-state index in [9.17, 15) is 14.4 Å². The monoisotopic (exact) mass is 412 g/mol. The summed E-state index contributed by atoms with van der Waals surface area (Å²) < 4.78 is 0. The number of piperidine rings is 1. The van der Waals surface area contributed by atoms with Gasteiger partial charge in [0.25, 0.3) is 5.91 Å². The average molecular weight is 413 g/mol. The van der Waals surface area contributed by atoms with Gasteiger partial charge in [-0.2, -0.15) is 0 Å². The minimum Gasteiger partial charge on any atom is -0.349 e. The van der Waals surface area contributed by atoms with Crippen LogP contribution in [-0.2, 0) is 4.79 Å². The molecule has 2 amide bonds. The van der Waals surface area contributed by atoms with E-state index in [0.717, 1.165) is 5.56 Å². The summed E-state index contributed by atoms with van der Waals surface area (Å²) in [5, 5.41) is 3.42. The van der Waals surface area contributed by atoms with Crippen LogP contribution in [0.4, 0.5) is 0 Å². The summed E-state index contributed by atoms with van der Waals surface area (Å²) in [6.07, 6.45) is 1.80. The molecule has 3 rings (SSSR count). The van der Waals surface area contributed by atoms with Crippen molar-refractivity contribution in [3.8, 4) is 0 Å². The molecular weight excluding hydrogens is 388 g/mol. The third-order valence-electron chi connectivity index (χ3n) is 5.24. The van der Waals surface area contributed by atoms with Gasteiger partial charge in [0.2, 0.25) is 5.91 Å². The Kier molecular flexibility index (Phi) is 7.04. The molecule has 5 nitrogen and oxygen atoms in total. The number of amides is 2. The van der Waals surface area contributed by atoms with Crippen LogP contribution in [0.5, 0.6) is 0 Å². The van der Waals surface area contributed by atoms with Crippen molar-refractivity contribution in [3.05, 3.63) is 70.2 Å². The molecule has 6 heteroatoms.